The quantitative estimate of drug-likeness (QED) is 0.0398. The second-order valence-corrected chi connectivity index (χ2v) is 16.8. The molecule has 0 spiro atoms. The Morgan fingerprint density at radius 1 is 0.396 bits per heavy atom. The first-order valence-corrected chi connectivity index (χ1v) is 23.9. The molecule has 6 heteroatoms. The van der Waals surface area contributed by atoms with E-state index in [2.05, 4.69) is 19.2 Å². The van der Waals surface area contributed by atoms with E-state index >= 15 is 0 Å². The van der Waals surface area contributed by atoms with E-state index in [0.717, 1.165) is 38.5 Å². The fourth-order valence-corrected chi connectivity index (χ4v) is 7.76. The molecule has 5 N–H and O–H groups in total. The molecule has 0 aromatic carbocycles. The van der Waals surface area contributed by atoms with Crippen LogP contribution in [0, 0.1) is 0 Å². The van der Waals surface area contributed by atoms with Crippen LogP contribution in [0.4, 0.5) is 0 Å². The lowest BCUT2D eigenvalue weighted by molar-refractivity contribution is -0.132. The SMILES string of the molecule is CCCCCCCCCCCCCCCCCCCCCCCCCCCCCCC(O)C(=O)NC(CO)C(O)C(O)CCCCCCCCCCC. The molecule has 0 aromatic heterocycles. The van der Waals surface area contributed by atoms with Crippen molar-refractivity contribution >= 4 is 5.91 Å². The molecule has 0 aliphatic heterocycles. The first kappa shape index (κ1) is 52.3. The van der Waals surface area contributed by atoms with Crippen molar-refractivity contribution in [2.75, 3.05) is 6.61 Å². The molecule has 4 unspecified atom stereocenters. The number of amides is 1. The fourth-order valence-electron chi connectivity index (χ4n) is 7.76. The minimum atomic E-state index is -1.25. The Balaban J connectivity index is 3.53. The molecular weight excluding hydrogens is 659 g/mol. The van der Waals surface area contributed by atoms with Gasteiger partial charge >= 0.3 is 0 Å². The van der Waals surface area contributed by atoms with Crippen molar-refractivity contribution < 1.29 is 25.2 Å². The van der Waals surface area contributed by atoms with Gasteiger partial charge in [-0.15, -0.1) is 0 Å². The third kappa shape index (κ3) is 36.7. The summed E-state index contributed by atoms with van der Waals surface area (Å²) in [5.41, 5.74) is 0. The molecule has 53 heavy (non-hydrogen) atoms. The summed E-state index contributed by atoms with van der Waals surface area (Å²) in [7, 11) is 0. The summed E-state index contributed by atoms with van der Waals surface area (Å²) in [6, 6.07) is -0.977. The number of aliphatic hydroxyl groups is 4. The number of hydrogen-bond donors (Lipinski definition) is 5. The van der Waals surface area contributed by atoms with Gasteiger partial charge in [0, 0.05) is 0 Å². The highest BCUT2D eigenvalue weighted by Gasteiger charge is 2.28. The van der Waals surface area contributed by atoms with Crippen molar-refractivity contribution in [1.29, 1.82) is 0 Å². The Labute approximate surface area is 330 Å². The van der Waals surface area contributed by atoms with Crippen molar-refractivity contribution in [2.45, 2.75) is 289 Å². The van der Waals surface area contributed by atoms with Crippen LogP contribution in [-0.2, 0) is 4.79 Å². The molecule has 0 rings (SSSR count). The van der Waals surface area contributed by atoms with Crippen LogP contribution in [0.2, 0.25) is 0 Å². The second-order valence-electron chi connectivity index (χ2n) is 16.8. The number of hydrogen-bond acceptors (Lipinski definition) is 5. The Morgan fingerprint density at radius 2 is 0.642 bits per heavy atom. The molecule has 0 aliphatic rings. The van der Waals surface area contributed by atoms with Crippen molar-refractivity contribution in [3.63, 3.8) is 0 Å². The zero-order valence-electron chi connectivity index (χ0n) is 35.8. The number of nitrogens with one attached hydrogen (secondary N) is 1. The van der Waals surface area contributed by atoms with Gasteiger partial charge in [0.2, 0.25) is 5.91 Å². The van der Waals surface area contributed by atoms with E-state index < -0.39 is 36.9 Å². The van der Waals surface area contributed by atoms with Gasteiger partial charge in [-0.2, -0.15) is 0 Å². The van der Waals surface area contributed by atoms with E-state index in [1.54, 1.807) is 0 Å². The summed E-state index contributed by atoms with van der Waals surface area (Å²) in [6.07, 6.45) is 46.0. The van der Waals surface area contributed by atoms with Crippen LogP contribution in [-0.4, -0.2) is 57.3 Å². The highest BCUT2D eigenvalue weighted by Crippen LogP contribution is 2.18. The van der Waals surface area contributed by atoms with Gasteiger partial charge in [-0.1, -0.05) is 251 Å². The van der Waals surface area contributed by atoms with E-state index in [9.17, 15) is 25.2 Å². The molecule has 0 saturated carbocycles. The minimum Gasteiger partial charge on any atom is -0.394 e. The summed E-state index contributed by atoms with van der Waals surface area (Å²) in [4.78, 5) is 12.5. The van der Waals surface area contributed by atoms with Crippen LogP contribution >= 0.6 is 0 Å². The zero-order chi connectivity index (χ0) is 38.9. The van der Waals surface area contributed by atoms with Gasteiger partial charge in [-0.05, 0) is 12.8 Å². The van der Waals surface area contributed by atoms with Gasteiger partial charge in [-0.3, -0.25) is 4.79 Å². The molecule has 0 bridgehead atoms. The minimum absolute atomic E-state index is 0.376. The standard InChI is InChI=1S/C47H95NO5/c1-3-5-7-9-11-13-14-15-16-17-18-19-20-21-22-23-24-25-26-27-28-29-30-31-33-35-37-39-41-45(51)47(53)48-43(42-49)46(52)44(50)40-38-36-34-32-12-10-8-6-4-2/h43-46,49-52H,3-42H2,1-2H3,(H,48,53). The maximum Gasteiger partial charge on any atom is 0.249 e. The third-order valence-corrected chi connectivity index (χ3v) is 11.6. The summed E-state index contributed by atoms with van der Waals surface area (Å²) in [6.45, 7) is 4.04. The molecule has 0 saturated heterocycles. The molecule has 6 nitrogen and oxygen atoms in total. The number of aliphatic hydroxyl groups excluding tert-OH is 4. The lowest BCUT2D eigenvalue weighted by Gasteiger charge is -2.27. The highest BCUT2D eigenvalue weighted by molar-refractivity contribution is 5.80. The van der Waals surface area contributed by atoms with Crippen LogP contribution in [0.3, 0.4) is 0 Å². The van der Waals surface area contributed by atoms with Gasteiger partial charge in [-0.25, -0.2) is 0 Å². The second kappa shape index (κ2) is 42.5. The zero-order valence-corrected chi connectivity index (χ0v) is 35.8. The van der Waals surface area contributed by atoms with Crippen LogP contribution in [0.1, 0.15) is 264 Å². The monoisotopic (exact) mass is 754 g/mol. The smallest absolute Gasteiger partial charge is 0.249 e. The molecule has 0 aromatic rings. The van der Waals surface area contributed by atoms with Crippen molar-refractivity contribution in [3.8, 4) is 0 Å². The van der Waals surface area contributed by atoms with Crippen LogP contribution in [0.15, 0.2) is 0 Å². The molecule has 0 heterocycles. The first-order chi connectivity index (χ1) is 26.0. The van der Waals surface area contributed by atoms with Crippen LogP contribution in [0.25, 0.3) is 0 Å². The molecule has 0 radical (unpaired) electrons. The molecule has 4 atom stereocenters. The van der Waals surface area contributed by atoms with Gasteiger partial charge in [0.15, 0.2) is 0 Å². The van der Waals surface area contributed by atoms with Crippen molar-refractivity contribution in [1.82, 2.24) is 5.32 Å². The Morgan fingerprint density at radius 3 is 0.906 bits per heavy atom. The average molecular weight is 754 g/mol. The molecule has 0 aliphatic carbocycles. The van der Waals surface area contributed by atoms with Gasteiger partial charge < -0.3 is 25.7 Å². The number of rotatable bonds is 44. The first-order valence-electron chi connectivity index (χ1n) is 23.9. The van der Waals surface area contributed by atoms with Crippen molar-refractivity contribution in [3.05, 3.63) is 0 Å². The Hall–Kier alpha value is -0.690. The Bertz CT molecular complexity index is 721. The molecule has 0 fully saturated rings. The van der Waals surface area contributed by atoms with Gasteiger partial charge in [0.1, 0.15) is 12.2 Å². The van der Waals surface area contributed by atoms with Crippen LogP contribution in [0.5, 0.6) is 0 Å². The summed E-state index contributed by atoms with van der Waals surface area (Å²) < 4.78 is 0. The van der Waals surface area contributed by atoms with Gasteiger partial charge in [0.05, 0.1) is 18.8 Å². The normalized spacial score (nSPS) is 14.0. The number of carbonyl (C=O) groups excluding carboxylic acids is 1. The maximum atomic E-state index is 12.5. The largest absolute Gasteiger partial charge is 0.394 e. The molecule has 1 amide bonds. The van der Waals surface area contributed by atoms with Crippen LogP contribution < -0.4 is 5.32 Å². The van der Waals surface area contributed by atoms with E-state index in [4.69, 9.17) is 0 Å². The van der Waals surface area contributed by atoms with E-state index in [1.807, 2.05) is 0 Å². The predicted molar refractivity (Wildman–Crippen MR) is 228 cm³/mol. The summed E-state index contributed by atoms with van der Waals surface area (Å²) >= 11 is 0. The molecular formula is C47H95NO5. The van der Waals surface area contributed by atoms with E-state index in [0.29, 0.717) is 12.8 Å². The van der Waals surface area contributed by atoms with Gasteiger partial charge in [0.25, 0.3) is 0 Å². The average Bonchev–Trinajstić information content (AvgIpc) is 3.16. The Kier molecular flexibility index (Phi) is 41.9. The topological polar surface area (TPSA) is 110 Å². The fraction of sp³-hybridized carbons (Fsp3) is 0.979. The molecule has 318 valence electrons. The predicted octanol–water partition coefficient (Wildman–Crippen LogP) is 12.8. The van der Waals surface area contributed by atoms with Crippen molar-refractivity contribution in [2.24, 2.45) is 0 Å². The summed E-state index contributed by atoms with van der Waals surface area (Å²) in [5, 5.41) is 43.5. The third-order valence-electron chi connectivity index (χ3n) is 11.6. The number of unbranched alkanes of at least 4 members (excludes halogenated alkanes) is 35. The summed E-state index contributed by atoms with van der Waals surface area (Å²) in [5.74, 6) is -0.580. The van der Waals surface area contributed by atoms with E-state index in [-0.39, 0.29) is 0 Å². The lowest BCUT2D eigenvalue weighted by Crippen LogP contribution is -2.53. The maximum absolute atomic E-state index is 12.5. The highest BCUT2D eigenvalue weighted by atomic mass is 16.3. The lowest BCUT2D eigenvalue weighted by atomic mass is 9.99. The number of carbonyl (C=O) groups is 1. The van der Waals surface area contributed by atoms with E-state index in [1.165, 1.54) is 199 Å².